The monoisotopic (exact) mass is 500 g/mol. The smallest absolute Gasteiger partial charge is 0.308 e. The van der Waals surface area contributed by atoms with Crippen molar-refractivity contribution < 1.29 is 23.9 Å². The van der Waals surface area contributed by atoms with Gasteiger partial charge in [-0.25, -0.2) is 0 Å². The van der Waals surface area contributed by atoms with Crippen molar-refractivity contribution in [3.8, 4) is 5.75 Å². The highest BCUT2D eigenvalue weighted by atomic mass is 35.5. The summed E-state index contributed by atoms with van der Waals surface area (Å²) < 4.78 is 11.4. The second-order valence-electron chi connectivity index (χ2n) is 7.93. The van der Waals surface area contributed by atoms with E-state index in [0.29, 0.717) is 28.6 Å². The third kappa shape index (κ3) is 5.34. The van der Waals surface area contributed by atoms with Crippen LogP contribution in [-0.4, -0.2) is 55.5 Å². The number of hydrogen-bond acceptors (Lipinski definition) is 6. The number of nitrogens with one attached hydrogen (secondary N) is 1. The first-order valence-corrected chi connectivity index (χ1v) is 12.2. The van der Waals surface area contributed by atoms with Crippen molar-refractivity contribution in [2.24, 2.45) is 0 Å². The number of aryl methyl sites for hydroxylation is 1. The van der Waals surface area contributed by atoms with Crippen LogP contribution >= 0.6 is 22.9 Å². The summed E-state index contributed by atoms with van der Waals surface area (Å²) in [4.78, 5) is 40.2. The minimum absolute atomic E-state index is 0.209. The molecule has 0 saturated carbocycles. The molecule has 1 fully saturated rings. The van der Waals surface area contributed by atoms with Gasteiger partial charge in [-0.1, -0.05) is 41.9 Å². The average Bonchev–Trinajstić information content (AvgIpc) is 3.19. The highest BCUT2D eigenvalue weighted by Crippen LogP contribution is 2.38. The number of fused-ring (bicyclic) bond motifs is 1. The summed E-state index contributed by atoms with van der Waals surface area (Å²) in [7, 11) is 1.57. The van der Waals surface area contributed by atoms with Crippen LogP contribution in [0.15, 0.2) is 48.5 Å². The van der Waals surface area contributed by atoms with Gasteiger partial charge in [-0.05, 0) is 36.6 Å². The largest absolute Gasteiger partial charge is 0.497 e. The molecule has 0 radical (unpaired) electrons. The number of hydrogen-bond donors (Lipinski definition) is 1. The Balaban J connectivity index is 1.42. The summed E-state index contributed by atoms with van der Waals surface area (Å²) in [5.41, 5.74) is 1.17. The Bertz CT molecular complexity index is 1200. The van der Waals surface area contributed by atoms with E-state index in [0.717, 1.165) is 16.5 Å². The van der Waals surface area contributed by atoms with Crippen molar-refractivity contribution in [2.75, 3.05) is 26.8 Å². The quantitative estimate of drug-likeness (QED) is 0.372. The van der Waals surface area contributed by atoms with Gasteiger partial charge in [0.05, 0.1) is 25.2 Å². The zero-order chi connectivity index (χ0) is 24.1. The molecule has 7 nitrogen and oxygen atoms in total. The van der Waals surface area contributed by atoms with Gasteiger partial charge in [0.15, 0.2) is 0 Å². The highest BCUT2D eigenvalue weighted by Gasteiger charge is 2.37. The fourth-order valence-corrected chi connectivity index (χ4v) is 5.42. The molecule has 1 saturated heterocycles. The first-order chi connectivity index (χ1) is 16.5. The first kappa shape index (κ1) is 24.0. The molecular weight excluding hydrogens is 476 g/mol. The maximum Gasteiger partial charge on any atom is 0.308 e. The van der Waals surface area contributed by atoms with Gasteiger partial charge in [-0.2, -0.15) is 0 Å². The maximum atomic E-state index is 13.4. The lowest BCUT2D eigenvalue weighted by Gasteiger charge is -2.34. The van der Waals surface area contributed by atoms with Crippen molar-refractivity contribution in [1.82, 2.24) is 10.2 Å². The van der Waals surface area contributed by atoms with E-state index in [4.69, 9.17) is 21.1 Å². The van der Waals surface area contributed by atoms with Gasteiger partial charge < -0.3 is 19.7 Å². The van der Waals surface area contributed by atoms with Gasteiger partial charge >= 0.3 is 5.97 Å². The summed E-state index contributed by atoms with van der Waals surface area (Å²) in [6, 6.07) is 14.4. The zero-order valence-corrected chi connectivity index (χ0v) is 20.3. The molecule has 1 unspecified atom stereocenters. The standard InChI is InChI=1S/C25H25ClN2O5S/c1-32-17-9-10-18-20(14-17)34-23(22(18)26)25(31)28-12-11-27-24(30)19(28)15-21(29)33-13-5-8-16-6-3-2-4-7-16/h2-4,6-7,9-10,14,19H,5,8,11-13,15H2,1H3,(H,27,30). The summed E-state index contributed by atoms with van der Waals surface area (Å²) in [5.74, 6) is -0.601. The Labute approximate surface area is 206 Å². The topological polar surface area (TPSA) is 84.9 Å². The Morgan fingerprint density at radius 2 is 2.00 bits per heavy atom. The Morgan fingerprint density at radius 1 is 1.21 bits per heavy atom. The first-order valence-electron chi connectivity index (χ1n) is 11.0. The zero-order valence-electron chi connectivity index (χ0n) is 18.7. The van der Waals surface area contributed by atoms with E-state index in [1.807, 2.05) is 36.4 Å². The normalized spacial score (nSPS) is 15.8. The molecule has 0 aliphatic carbocycles. The fraction of sp³-hybridized carbons (Fsp3) is 0.320. The molecule has 1 aliphatic rings. The van der Waals surface area contributed by atoms with Crippen LogP contribution in [0.4, 0.5) is 0 Å². The number of piperazine rings is 1. The van der Waals surface area contributed by atoms with Gasteiger partial charge in [-0.15, -0.1) is 11.3 Å². The molecule has 1 aliphatic heterocycles. The number of thiophene rings is 1. The van der Waals surface area contributed by atoms with E-state index in [9.17, 15) is 14.4 Å². The molecule has 4 rings (SSSR count). The molecule has 34 heavy (non-hydrogen) atoms. The summed E-state index contributed by atoms with van der Waals surface area (Å²) >= 11 is 7.76. The van der Waals surface area contributed by atoms with Gasteiger partial charge in [0, 0.05) is 23.2 Å². The Morgan fingerprint density at radius 3 is 2.76 bits per heavy atom. The molecule has 1 atom stereocenters. The van der Waals surface area contributed by atoms with Crippen LogP contribution in [0.5, 0.6) is 5.75 Å². The van der Waals surface area contributed by atoms with Gasteiger partial charge in [0.2, 0.25) is 5.91 Å². The lowest BCUT2D eigenvalue weighted by atomic mass is 10.1. The molecule has 1 N–H and O–H groups in total. The van der Waals surface area contributed by atoms with E-state index in [1.54, 1.807) is 19.2 Å². The van der Waals surface area contributed by atoms with Crippen molar-refractivity contribution in [1.29, 1.82) is 0 Å². The highest BCUT2D eigenvalue weighted by molar-refractivity contribution is 7.21. The van der Waals surface area contributed by atoms with E-state index >= 15 is 0 Å². The van der Waals surface area contributed by atoms with E-state index in [1.165, 1.54) is 21.8 Å². The van der Waals surface area contributed by atoms with Gasteiger partial charge in [-0.3, -0.25) is 14.4 Å². The van der Waals surface area contributed by atoms with E-state index in [2.05, 4.69) is 5.32 Å². The molecule has 0 bridgehead atoms. The number of ether oxygens (including phenoxy) is 2. The van der Waals surface area contributed by atoms with Gasteiger partial charge in [0.1, 0.15) is 16.7 Å². The maximum absolute atomic E-state index is 13.4. The number of carbonyl (C=O) groups is 3. The summed E-state index contributed by atoms with van der Waals surface area (Å²) in [6.07, 6.45) is 1.26. The molecule has 2 aromatic carbocycles. The third-order valence-corrected chi connectivity index (χ3v) is 7.34. The SMILES string of the molecule is COc1ccc2c(Cl)c(C(=O)N3CCNC(=O)C3CC(=O)OCCCc3ccccc3)sc2c1. The van der Waals surface area contributed by atoms with Crippen LogP contribution in [0, 0.1) is 0 Å². The molecule has 0 spiro atoms. The van der Waals surface area contributed by atoms with Crippen molar-refractivity contribution in [3.05, 3.63) is 64.0 Å². The van der Waals surface area contributed by atoms with Crippen LogP contribution in [0.25, 0.3) is 10.1 Å². The van der Waals surface area contributed by atoms with Gasteiger partial charge in [0.25, 0.3) is 5.91 Å². The molecule has 178 valence electrons. The Kier molecular flexibility index (Phi) is 7.70. The van der Waals surface area contributed by atoms with Crippen molar-refractivity contribution >= 4 is 50.8 Å². The Hall–Kier alpha value is -3.10. The molecule has 2 amide bonds. The summed E-state index contributed by atoms with van der Waals surface area (Å²) in [6.45, 7) is 0.841. The van der Waals surface area contributed by atoms with E-state index in [-0.39, 0.29) is 31.4 Å². The minimum Gasteiger partial charge on any atom is -0.497 e. The third-order valence-electron chi connectivity index (χ3n) is 5.70. The van der Waals surface area contributed by atoms with E-state index < -0.39 is 12.0 Å². The molecule has 2 heterocycles. The number of halogens is 1. The second-order valence-corrected chi connectivity index (χ2v) is 9.36. The minimum atomic E-state index is -0.946. The van der Waals surface area contributed by atoms with Crippen LogP contribution < -0.4 is 10.1 Å². The fourth-order valence-electron chi connectivity index (χ4n) is 3.92. The number of carbonyl (C=O) groups excluding carboxylic acids is 3. The van der Waals surface area contributed by atoms with Crippen LogP contribution in [-0.2, 0) is 20.7 Å². The number of amides is 2. The van der Waals surface area contributed by atoms with Crippen LogP contribution in [0.3, 0.4) is 0 Å². The number of benzene rings is 2. The number of esters is 1. The number of nitrogens with zero attached hydrogens (tertiary/aromatic N) is 1. The van der Waals surface area contributed by atoms with Crippen LogP contribution in [0.2, 0.25) is 5.02 Å². The predicted octanol–water partition coefficient (Wildman–Crippen LogP) is 4.07. The van der Waals surface area contributed by atoms with Crippen molar-refractivity contribution in [2.45, 2.75) is 25.3 Å². The number of methoxy groups -OCH3 is 1. The average molecular weight is 501 g/mol. The molecule has 3 aromatic rings. The van der Waals surface area contributed by atoms with Crippen molar-refractivity contribution in [3.63, 3.8) is 0 Å². The molecular formula is C25H25ClN2O5S. The lowest BCUT2D eigenvalue weighted by molar-refractivity contribution is -0.147. The summed E-state index contributed by atoms with van der Waals surface area (Å²) in [5, 5.41) is 3.81. The number of rotatable bonds is 8. The molecule has 9 heteroatoms. The second kappa shape index (κ2) is 10.9. The van der Waals surface area contributed by atoms with Crippen LogP contribution in [0.1, 0.15) is 28.1 Å². The molecule has 1 aromatic heterocycles. The lowest BCUT2D eigenvalue weighted by Crippen LogP contribution is -2.57. The predicted molar refractivity (Wildman–Crippen MR) is 132 cm³/mol.